The molecule has 0 saturated carbocycles. The minimum absolute atomic E-state index is 0.328. The first-order chi connectivity index (χ1) is 12.5. The van der Waals surface area contributed by atoms with E-state index in [0.717, 1.165) is 18.7 Å². The van der Waals surface area contributed by atoms with Crippen molar-refractivity contribution in [3.05, 3.63) is 59.7 Å². The molecule has 2 aromatic carbocycles. The number of nitrogens with one attached hydrogen (secondary N) is 1. The molecule has 2 unspecified atom stereocenters. The maximum Gasteiger partial charge on any atom is 0.416 e. The third kappa shape index (κ3) is 4.28. The lowest BCUT2D eigenvalue weighted by Gasteiger charge is -2.32. The van der Waals surface area contributed by atoms with Crippen LogP contribution in [0.1, 0.15) is 17.2 Å². The Bertz CT molecular complexity index is 713. The molecular weight excluding hydrogens is 347 g/mol. The molecule has 7 heteroatoms. The van der Waals surface area contributed by atoms with E-state index in [1.807, 2.05) is 12.1 Å². The Balaban J connectivity index is 1.90. The van der Waals surface area contributed by atoms with Crippen LogP contribution in [0.15, 0.2) is 48.5 Å². The highest BCUT2D eigenvalue weighted by molar-refractivity contribution is 5.40. The molecule has 0 radical (unpaired) electrons. The van der Waals surface area contributed by atoms with Crippen molar-refractivity contribution in [1.29, 1.82) is 0 Å². The zero-order valence-electron chi connectivity index (χ0n) is 14.3. The summed E-state index contributed by atoms with van der Waals surface area (Å²) in [7, 11) is 1.54. The second-order valence-corrected chi connectivity index (χ2v) is 5.92. The maximum absolute atomic E-state index is 12.8. The van der Waals surface area contributed by atoms with Gasteiger partial charge >= 0.3 is 6.18 Å². The van der Waals surface area contributed by atoms with Crippen LogP contribution in [0.5, 0.6) is 11.5 Å². The van der Waals surface area contributed by atoms with Gasteiger partial charge in [-0.25, -0.2) is 0 Å². The minimum Gasteiger partial charge on any atom is -0.493 e. The summed E-state index contributed by atoms with van der Waals surface area (Å²) < 4.78 is 55.7. The van der Waals surface area contributed by atoms with Crippen molar-refractivity contribution >= 4 is 0 Å². The van der Waals surface area contributed by atoms with Gasteiger partial charge in [0.05, 0.1) is 19.3 Å². The van der Waals surface area contributed by atoms with E-state index in [1.54, 1.807) is 12.1 Å². The summed E-state index contributed by atoms with van der Waals surface area (Å²) in [6.07, 6.45) is -5.27. The molecule has 0 amide bonds. The van der Waals surface area contributed by atoms with Gasteiger partial charge in [0.25, 0.3) is 0 Å². The van der Waals surface area contributed by atoms with Crippen LogP contribution < -0.4 is 14.8 Å². The Labute approximate surface area is 149 Å². The minimum atomic E-state index is -4.37. The standard InChI is InChI=1S/C19H20F3NO3/c1-24-15-4-2-3-5-16(15)26-18(17-12-23-10-11-25-17)13-6-8-14(9-7-13)19(20,21)22/h2-9,17-18,23H,10-12H2,1H3. The zero-order chi connectivity index (χ0) is 18.6. The number of ether oxygens (including phenoxy) is 3. The first-order valence-electron chi connectivity index (χ1n) is 8.28. The summed E-state index contributed by atoms with van der Waals surface area (Å²) in [6.45, 7) is 1.78. The average Bonchev–Trinajstić information content (AvgIpc) is 2.66. The lowest BCUT2D eigenvalue weighted by molar-refractivity contribution is -0.137. The molecule has 26 heavy (non-hydrogen) atoms. The van der Waals surface area contributed by atoms with Gasteiger partial charge in [0, 0.05) is 13.1 Å². The highest BCUT2D eigenvalue weighted by Gasteiger charge is 2.32. The van der Waals surface area contributed by atoms with Gasteiger partial charge in [0.15, 0.2) is 17.6 Å². The molecule has 1 aliphatic heterocycles. The molecule has 1 aliphatic rings. The van der Waals surface area contributed by atoms with Crippen LogP contribution in [-0.4, -0.2) is 32.9 Å². The number of halogens is 3. The van der Waals surface area contributed by atoms with E-state index in [1.165, 1.54) is 19.2 Å². The van der Waals surface area contributed by atoms with Crippen LogP contribution >= 0.6 is 0 Å². The van der Waals surface area contributed by atoms with Crippen molar-refractivity contribution in [2.75, 3.05) is 26.8 Å². The summed E-state index contributed by atoms with van der Waals surface area (Å²) in [5, 5.41) is 3.22. The maximum atomic E-state index is 12.8. The summed E-state index contributed by atoms with van der Waals surface area (Å²) >= 11 is 0. The van der Waals surface area contributed by atoms with E-state index in [0.29, 0.717) is 30.2 Å². The van der Waals surface area contributed by atoms with Gasteiger partial charge < -0.3 is 19.5 Å². The Morgan fingerprint density at radius 2 is 1.77 bits per heavy atom. The second-order valence-electron chi connectivity index (χ2n) is 5.92. The molecule has 2 aromatic rings. The van der Waals surface area contributed by atoms with Gasteiger partial charge in [0.2, 0.25) is 0 Å². The number of morpholine rings is 1. The summed E-state index contributed by atoms with van der Waals surface area (Å²) in [6, 6.07) is 12.1. The monoisotopic (exact) mass is 367 g/mol. The van der Waals surface area contributed by atoms with Crippen LogP contribution in [0.4, 0.5) is 13.2 Å². The highest BCUT2D eigenvalue weighted by atomic mass is 19.4. The smallest absolute Gasteiger partial charge is 0.416 e. The van der Waals surface area contributed by atoms with E-state index < -0.39 is 17.8 Å². The number of hydrogen-bond acceptors (Lipinski definition) is 4. The van der Waals surface area contributed by atoms with Crippen LogP contribution in [0.2, 0.25) is 0 Å². The third-order valence-electron chi connectivity index (χ3n) is 4.18. The zero-order valence-corrected chi connectivity index (χ0v) is 14.3. The number of benzene rings is 2. The molecule has 2 atom stereocenters. The molecule has 3 rings (SSSR count). The van der Waals surface area contributed by atoms with E-state index in [4.69, 9.17) is 14.2 Å². The molecule has 1 heterocycles. The van der Waals surface area contributed by atoms with E-state index in [2.05, 4.69) is 5.32 Å². The highest BCUT2D eigenvalue weighted by Crippen LogP contribution is 2.35. The molecule has 0 bridgehead atoms. The number of hydrogen-bond donors (Lipinski definition) is 1. The fraction of sp³-hybridized carbons (Fsp3) is 0.368. The first kappa shape index (κ1) is 18.5. The predicted molar refractivity (Wildman–Crippen MR) is 90.4 cm³/mol. The largest absolute Gasteiger partial charge is 0.493 e. The Morgan fingerprint density at radius 3 is 2.35 bits per heavy atom. The van der Waals surface area contributed by atoms with Gasteiger partial charge in [-0.1, -0.05) is 24.3 Å². The van der Waals surface area contributed by atoms with Crippen molar-refractivity contribution in [2.24, 2.45) is 0 Å². The molecule has 1 fully saturated rings. The van der Waals surface area contributed by atoms with E-state index in [-0.39, 0.29) is 6.10 Å². The van der Waals surface area contributed by atoms with Crippen LogP contribution in [0.3, 0.4) is 0 Å². The second kappa shape index (κ2) is 7.97. The summed E-state index contributed by atoms with van der Waals surface area (Å²) in [5.74, 6) is 1.06. The van der Waals surface area contributed by atoms with Gasteiger partial charge in [-0.2, -0.15) is 13.2 Å². The Morgan fingerprint density at radius 1 is 1.08 bits per heavy atom. The first-order valence-corrected chi connectivity index (χ1v) is 8.28. The Kier molecular flexibility index (Phi) is 5.68. The summed E-state index contributed by atoms with van der Waals surface area (Å²) in [4.78, 5) is 0. The summed E-state index contributed by atoms with van der Waals surface area (Å²) in [5.41, 5.74) is -0.0856. The van der Waals surface area contributed by atoms with Crippen LogP contribution in [-0.2, 0) is 10.9 Å². The molecule has 0 aliphatic carbocycles. The number of methoxy groups -OCH3 is 1. The lowest BCUT2D eigenvalue weighted by atomic mass is 10.0. The number of rotatable bonds is 5. The van der Waals surface area contributed by atoms with Crippen molar-refractivity contribution in [3.63, 3.8) is 0 Å². The normalized spacial score (nSPS) is 19.0. The lowest BCUT2D eigenvalue weighted by Crippen LogP contribution is -2.43. The van der Waals surface area contributed by atoms with E-state index in [9.17, 15) is 13.2 Å². The van der Waals surface area contributed by atoms with Crippen molar-refractivity contribution in [3.8, 4) is 11.5 Å². The number of alkyl halides is 3. The molecular formula is C19H20F3NO3. The van der Waals surface area contributed by atoms with Gasteiger partial charge in [0.1, 0.15) is 6.10 Å². The quantitative estimate of drug-likeness (QED) is 0.872. The molecule has 0 aromatic heterocycles. The van der Waals surface area contributed by atoms with Gasteiger partial charge in [-0.15, -0.1) is 0 Å². The van der Waals surface area contributed by atoms with Crippen LogP contribution in [0.25, 0.3) is 0 Å². The topological polar surface area (TPSA) is 39.7 Å². The van der Waals surface area contributed by atoms with Gasteiger partial charge in [-0.05, 0) is 29.8 Å². The molecule has 1 N–H and O–H groups in total. The van der Waals surface area contributed by atoms with Crippen molar-refractivity contribution < 1.29 is 27.4 Å². The van der Waals surface area contributed by atoms with E-state index >= 15 is 0 Å². The SMILES string of the molecule is COc1ccccc1OC(c1ccc(C(F)(F)F)cc1)C1CNCCO1. The molecule has 140 valence electrons. The molecule has 0 spiro atoms. The molecule has 4 nitrogen and oxygen atoms in total. The fourth-order valence-electron chi connectivity index (χ4n) is 2.85. The average molecular weight is 367 g/mol. The van der Waals surface area contributed by atoms with Gasteiger partial charge in [-0.3, -0.25) is 0 Å². The predicted octanol–water partition coefficient (Wildman–Crippen LogP) is 3.82. The Hall–Kier alpha value is -2.25. The fourth-order valence-corrected chi connectivity index (χ4v) is 2.85. The number of para-hydroxylation sites is 2. The van der Waals surface area contributed by atoms with Crippen molar-refractivity contribution in [2.45, 2.75) is 18.4 Å². The third-order valence-corrected chi connectivity index (χ3v) is 4.18. The van der Waals surface area contributed by atoms with Crippen LogP contribution in [0, 0.1) is 0 Å². The molecule has 1 saturated heterocycles. The van der Waals surface area contributed by atoms with Crippen molar-refractivity contribution in [1.82, 2.24) is 5.32 Å².